The molecular formula is C13H20ClNO3. The molecule has 0 bridgehead atoms. The minimum absolute atomic E-state index is 0.291. The summed E-state index contributed by atoms with van der Waals surface area (Å²) in [4.78, 5) is 4.89. The van der Waals surface area contributed by atoms with E-state index in [0.717, 1.165) is 11.1 Å². The zero-order chi connectivity index (χ0) is 13.7. The standard InChI is InChI=1S/C13H20ClNO3/c1-8(2)11-9(7-15-18-5)6-10(14)12(16-3)13(11)17-4/h6,8,15H,7H2,1-5H3. The number of hydroxylamine groups is 1. The summed E-state index contributed by atoms with van der Waals surface area (Å²) >= 11 is 6.20. The monoisotopic (exact) mass is 273 g/mol. The quantitative estimate of drug-likeness (QED) is 0.809. The Kier molecular flexibility index (Phi) is 5.72. The van der Waals surface area contributed by atoms with Crippen LogP contribution in [0.1, 0.15) is 30.9 Å². The van der Waals surface area contributed by atoms with Gasteiger partial charge in [-0.3, -0.25) is 0 Å². The molecule has 0 unspecified atom stereocenters. The van der Waals surface area contributed by atoms with Crippen molar-refractivity contribution in [1.82, 2.24) is 5.48 Å². The molecule has 1 N–H and O–H groups in total. The average molecular weight is 274 g/mol. The number of ether oxygens (including phenoxy) is 2. The Bertz CT molecular complexity index is 408. The van der Waals surface area contributed by atoms with Crippen LogP contribution in [-0.4, -0.2) is 21.3 Å². The predicted molar refractivity (Wildman–Crippen MR) is 72.5 cm³/mol. The van der Waals surface area contributed by atoms with E-state index in [1.165, 1.54) is 0 Å². The summed E-state index contributed by atoms with van der Waals surface area (Å²) in [5, 5.41) is 0.534. The lowest BCUT2D eigenvalue weighted by Gasteiger charge is -2.20. The molecule has 0 aliphatic carbocycles. The van der Waals surface area contributed by atoms with E-state index in [9.17, 15) is 0 Å². The van der Waals surface area contributed by atoms with Crippen molar-refractivity contribution in [1.29, 1.82) is 0 Å². The molecule has 0 spiro atoms. The van der Waals surface area contributed by atoms with Gasteiger partial charge >= 0.3 is 0 Å². The van der Waals surface area contributed by atoms with Crippen LogP contribution in [0.15, 0.2) is 6.07 Å². The molecule has 0 aromatic heterocycles. The highest BCUT2D eigenvalue weighted by atomic mass is 35.5. The molecule has 0 saturated carbocycles. The smallest absolute Gasteiger partial charge is 0.179 e. The van der Waals surface area contributed by atoms with E-state index in [1.807, 2.05) is 6.07 Å². The fourth-order valence-corrected chi connectivity index (χ4v) is 2.29. The molecule has 0 heterocycles. The third-order valence-electron chi connectivity index (χ3n) is 2.71. The van der Waals surface area contributed by atoms with Crippen LogP contribution >= 0.6 is 11.6 Å². The molecule has 0 fully saturated rings. The van der Waals surface area contributed by atoms with Crippen LogP contribution in [0.2, 0.25) is 5.02 Å². The van der Waals surface area contributed by atoms with E-state index in [4.69, 9.17) is 25.9 Å². The Morgan fingerprint density at radius 2 is 1.78 bits per heavy atom. The van der Waals surface area contributed by atoms with Crippen LogP contribution in [0.4, 0.5) is 0 Å². The van der Waals surface area contributed by atoms with Gasteiger partial charge in [0.25, 0.3) is 0 Å². The van der Waals surface area contributed by atoms with Crippen LogP contribution in [0.25, 0.3) is 0 Å². The maximum Gasteiger partial charge on any atom is 0.179 e. The summed E-state index contributed by atoms with van der Waals surface area (Å²) < 4.78 is 10.8. The van der Waals surface area contributed by atoms with Crippen molar-refractivity contribution in [3.05, 3.63) is 22.2 Å². The lowest BCUT2D eigenvalue weighted by atomic mass is 9.95. The number of hydrogen-bond acceptors (Lipinski definition) is 4. The van der Waals surface area contributed by atoms with Crippen molar-refractivity contribution in [3.8, 4) is 11.5 Å². The third-order valence-corrected chi connectivity index (χ3v) is 2.99. The zero-order valence-corrected chi connectivity index (χ0v) is 12.2. The highest BCUT2D eigenvalue weighted by Crippen LogP contribution is 2.43. The Morgan fingerprint density at radius 3 is 2.22 bits per heavy atom. The maximum absolute atomic E-state index is 6.20. The van der Waals surface area contributed by atoms with Gasteiger partial charge in [0.15, 0.2) is 11.5 Å². The van der Waals surface area contributed by atoms with Crippen molar-refractivity contribution in [2.24, 2.45) is 0 Å². The first-order valence-electron chi connectivity index (χ1n) is 5.75. The first-order chi connectivity index (χ1) is 8.56. The second kappa shape index (κ2) is 6.83. The summed E-state index contributed by atoms with van der Waals surface area (Å²) in [6, 6.07) is 1.88. The number of hydrogen-bond donors (Lipinski definition) is 1. The van der Waals surface area contributed by atoms with Gasteiger partial charge in [0.1, 0.15) is 0 Å². The molecule has 0 aliphatic heterocycles. The minimum atomic E-state index is 0.291. The van der Waals surface area contributed by atoms with E-state index in [-0.39, 0.29) is 0 Å². The molecule has 0 atom stereocenters. The fourth-order valence-electron chi connectivity index (χ4n) is 1.99. The molecule has 1 aromatic carbocycles. The van der Waals surface area contributed by atoms with Crippen molar-refractivity contribution in [2.75, 3.05) is 21.3 Å². The molecule has 102 valence electrons. The van der Waals surface area contributed by atoms with Gasteiger partial charge < -0.3 is 14.3 Å². The summed E-state index contributed by atoms with van der Waals surface area (Å²) in [7, 11) is 4.78. The van der Waals surface area contributed by atoms with Crippen LogP contribution in [0.5, 0.6) is 11.5 Å². The van der Waals surface area contributed by atoms with Gasteiger partial charge in [0.2, 0.25) is 0 Å². The lowest BCUT2D eigenvalue weighted by Crippen LogP contribution is -2.14. The third kappa shape index (κ3) is 3.07. The molecule has 0 aliphatic rings. The molecule has 1 rings (SSSR count). The maximum atomic E-state index is 6.20. The van der Waals surface area contributed by atoms with Gasteiger partial charge in [-0.1, -0.05) is 25.4 Å². The van der Waals surface area contributed by atoms with Gasteiger partial charge in [0, 0.05) is 12.1 Å². The highest BCUT2D eigenvalue weighted by Gasteiger charge is 2.20. The van der Waals surface area contributed by atoms with Crippen molar-refractivity contribution in [2.45, 2.75) is 26.3 Å². The Labute approximate surface area is 113 Å². The molecule has 0 amide bonds. The molecule has 0 saturated heterocycles. The van der Waals surface area contributed by atoms with E-state index < -0.39 is 0 Å². The highest BCUT2D eigenvalue weighted by molar-refractivity contribution is 6.32. The van der Waals surface area contributed by atoms with E-state index in [2.05, 4.69) is 19.3 Å². The Hall–Kier alpha value is -0.970. The number of benzene rings is 1. The van der Waals surface area contributed by atoms with Crippen LogP contribution in [-0.2, 0) is 11.4 Å². The van der Waals surface area contributed by atoms with Gasteiger partial charge in [-0.05, 0) is 17.5 Å². The van der Waals surface area contributed by atoms with Gasteiger partial charge in [0.05, 0.1) is 26.4 Å². The van der Waals surface area contributed by atoms with Crippen molar-refractivity contribution >= 4 is 11.6 Å². The fraction of sp³-hybridized carbons (Fsp3) is 0.538. The van der Waals surface area contributed by atoms with E-state index in [0.29, 0.717) is 29.0 Å². The molecule has 5 heteroatoms. The molecule has 0 radical (unpaired) electrons. The number of halogens is 1. The average Bonchev–Trinajstić information content (AvgIpc) is 2.34. The van der Waals surface area contributed by atoms with Gasteiger partial charge in [-0.25, -0.2) is 0 Å². The molecule has 4 nitrogen and oxygen atoms in total. The van der Waals surface area contributed by atoms with Crippen molar-refractivity contribution in [3.63, 3.8) is 0 Å². The van der Waals surface area contributed by atoms with Crippen LogP contribution in [0.3, 0.4) is 0 Å². The van der Waals surface area contributed by atoms with Gasteiger partial charge in [-0.15, -0.1) is 0 Å². The second-order valence-electron chi connectivity index (χ2n) is 4.18. The predicted octanol–water partition coefficient (Wildman–Crippen LogP) is 3.13. The number of methoxy groups -OCH3 is 2. The molecular weight excluding hydrogens is 254 g/mol. The summed E-state index contributed by atoms with van der Waals surface area (Å²) in [6.07, 6.45) is 0. The van der Waals surface area contributed by atoms with Crippen molar-refractivity contribution < 1.29 is 14.3 Å². The molecule has 1 aromatic rings. The number of nitrogens with one attached hydrogen (secondary N) is 1. The summed E-state index contributed by atoms with van der Waals surface area (Å²) in [6.45, 7) is 4.76. The van der Waals surface area contributed by atoms with E-state index >= 15 is 0 Å². The van der Waals surface area contributed by atoms with E-state index in [1.54, 1.807) is 21.3 Å². The first kappa shape index (κ1) is 15.1. The zero-order valence-electron chi connectivity index (χ0n) is 11.5. The Morgan fingerprint density at radius 1 is 1.17 bits per heavy atom. The topological polar surface area (TPSA) is 39.7 Å². The lowest BCUT2D eigenvalue weighted by molar-refractivity contribution is 0.0864. The SMILES string of the molecule is CONCc1cc(Cl)c(OC)c(OC)c1C(C)C. The second-order valence-corrected chi connectivity index (χ2v) is 4.58. The molecule has 18 heavy (non-hydrogen) atoms. The number of rotatable bonds is 6. The van der Waals surface area contributed by atoms with Crippen LogP contribution < -0.4 is 15.0 Å². The largest absolute Gasteiger partial charge is 0.492 e. The summed E-state index contributed by atoms with van der Waals surface area (Å²) in [5.74, 6) is 1.55. The Balaban J connectivity index is 3.37. The minimum Gasteiger partial charge on any atom is -0.492 e. The first-order valence-corrected chi connectivity index (χ1v) is 6.13. The normalized spacial score (nSPS) is 10.8. The summed E-state index contributed by atoms with van der Waals surface area (Å²) in [5.41, 5.74) is 4.93. The van der Waals surface area contributed by atoms with Gasteiger partial charge in [-0.2, -0.15) is 5.48 Å². The van der Waals surface area contributed by atoms with Crippen LogP contribution in [0, 0.1) is 0 Å².